The Morgan fingerprint density at radius 3 is 2.45 bits per heavy atom. The number of rotatable bonds is 3. The molecule has 0 bridgehead atoms. The Balaban J connectivity index is 2.11. The van der Waals surface area contributed by atoms with Crippen LogP contribution in [0.4, 0.5) is 0 Å². The van der Waals surface area contributed by atoms with Crippen molar-refractivity contribution < 1.29 is 4.79 Å². The predicted octanol–water partition coefficient (Wildman–Crippen LogP) is 3.16. The lowest BCUT2D eigenvalue weighted by Crippen LogP contribution is -2.50. The van der Waals surface area contributed by atoms with Gasteiger partial charge in [0.2, 0.25) is 5.91 Å². The molecule has 3 atom stereocenters. The summed E-state index contributed by atoms with van der Waals surface area (Å²) in [4.78, 5) is 14.6. The third-order valence-electron chi connectivity index (χ3n) is 4.18. The van der Waals surface area contributed by atoms with Gasteiger partial charge >= 0.3 is 0 Å². The Hall–Kier alpha value is -1.82. The highest BCUT2D eigenvalue weighted by atomic mass is 16.2. The standard InChI is InChI=1S/C17H22N2O/c1-13-7-6-8-14(2)19(13)17(20)16(12-18)11-15-9-4-3-5-10-15/h3-5,9-10,13-14,16H,6-8,11H2,1-2H3. The summed E-state index contributed by atoms with van der Waals surface area (Å²) in [5.41, 5.74) is 1.05. The molecule has 1 aromatic rings. The molecule has 1 heterocycles. The van der Waals surface area contributed by atoms with Gasteiger partial charge in [-0.15, -0.1) is 0 Å². The van der Waals surface area contributed by atoms with Gasteiger partial charge in [-0.3, -0.25) is 4.79 Å². The average Bonchev–Trinajstić information content (AvgIpc) is 2.45. The first-order valence-electron chi connectivity index (χ1n) is 7.39. The molecule has 3 heteroatoms. The second-order valence-electron chi connectivity index (χ2n) is 5.75. The van der Waals surface area contributed by atoms with Crippen LogP contribution in [0.15, 0.2) is 30.3 Å². The van der Waals surface area contributed by atoms with Gasteiger partial charge in [-0.2, -0.15) is 5.26 Å². The minimum absolute atomic E-state index is 0.00365. The number of hydrogen-bond donors (Lipinski definition) is 0. The van der Waals surface area contributed by atoms with E-state index in [2.05, 4.69) is 19.9 Å². The van der Waals surface area contributed by atoms with Crippen molar-refractivity contribution in [2.75, 3.05) is 0 Å². The quantitative estimate of drug-likeness (QED) is 0.846. The maximum Gasteiger partial charge on any atom is 0.240 e. The van der Waals surface area contributed by atoms with Gasteiger partial charge in [0.05, 0.1) is 6.07 Å². The maximum absolute atomic E-state index is 12.7. The van der Waals surface area contributed by atoms with E-state index in [-0.39, 0.29) is 18.0 Å². The Labute approximate surface area is 121 Å². The predicted molar refractivity (Wildman–Crippen MR) is 78.9 cm³/mol. The van der Waals surface area contributed by atoms with Gasteiger partial charge in [0, 0.05) is 12.1 Å². The molecule has 0 N–H and O–H groups in total. The van der Waals surface area contributed by atoms with E-state index in [1.54, 1.807) is 0 Å². The van der Waals surface area contributed by atoms with E-state index in [1.165, 1.54) is 6.42 Å². The SMILES string of the molecule is CC1CCCC(C)N1C(=O)C(C#N)Cc1ccccc1. The highest BCUT2D eigenvalue weighted by molar-refractivity contribution is 5.82. The van der Waals surface area contributed by atoms with E-state index < -0.39 is 5.92 Å². The summed E-state index contributed by atoms with van der Waals surface area (Å²) in [6.07, 6.45) is 3.76. The van der Waals surface area contributed by atoms with Crippen LogP contribution in [-0.2, 0) is 11.2 Å². The highest BCUT2D eigenvalue weighted by Gasteiger charge is 2.33. The minimum Gasteiger partial charge on any atom is -0.336 e. The minimum atomic E-state index is -0.569. The fourth-order valence-electron chi connectivity index (χ4n) is 3.07. The van der Waals surface area contributed by atoms with Crippen molar-refractivity contribution in [1.82, 2.24) is 4.90 Å². The van der Waals surface area contributed by atoms with Crippen LogP contribution in [0.2, 0.25) is 0 Å². The second-order valence-corrected chi connectivity index (χ2v) is 5.75. The molecule has 1 aromatic carbocycles. The van der Waals surface area contributed by atoms with E-state index in [9.17, 15) is 10.1 Å². The van der Waals surface area contributed by atoms with Crippen molar-refractivity contribution in [2.24, 2.45) is 5.92 Å². The lowest BCUT2D eigenvalue weighted by Gasteiger charge is -2.40. The van der Waals surface area contributed by atoms with Crippen LogP contribution in [0.25, 0.3) is 0 Å². The van der Waals surface area contributed by atoms with E-state index in [1.807, 2.05) is 35.2 Å². The van der Waals surface area contributed by atoms with Crippen LogP contribution in [0.5, 0.6) is 0 Å². The van der Waals surface area contributed by atoms with Gasteiger partial charge in [-0.25, -0.2) is 0 Å². The van der Waals surface area contributed by atoms with Crippen LogP contribution < -0.4 is 0 Å². The van der Waals surface area contributed by atoms with Gasteiger partial charge in [0.1, 0.15) is 5.92 Å². The van der Waals surface area contributed by atoms with Crippen molar-refractivity contribution in [2.45, 2.75) is 51.6 Å². The molecule has 106 valence electrons. The number of likely N-dealkylation sites (tertiary alicyclic amines) is 1. The summed E-state index contributed by atoms with van der Waals surface area (Å²) in [6, 6.07) is 12.5. The number of nitrogens with zero attached hydrogens (tertiary/aromatic N) is 2. The summed E-state index contributed by atoms with van der Waals surface area (Å²) in [5, 5.41) is 9.36. The zero-order valence-corrected chi connectivity index (χ0v) is 12.2. The van der Waals surface area contributed by atoms with Crippen LogP contribution >= 0.6 is 0 Å². The molecule has 0 radical (unpaired) electrons. The lowest BCUT2D eigenvalue weighted by molar-refractivity contribution is -0.139. The van der Waals surface area contributed by atoms with Gasteiger partial charge in [0.25, 0.3) is 0 Å². The molecular weight excluding hydrogens is 248 g/mol. The van der Waals surface area contributed by atoms with Gasteiger partial charge in [0.15, 0.2) is 0 Å². The van der Waals surface area contributed by atoms with Gasteiger partial charge in [-0.05, 0) is 45.1 Å². The van der Waals surface area contributed by atoms with Crippen LogP contribution in [0, 0.1) is 17.2 Å². The molecule has 1 aliphatic heterocycles. The van der Waals surface area contributed by atoms with E-state index >= 15 is 0 Å². The molecule has 3 unspecified atom stereocenters. The summed E-state index contributed by atoms with van der Waals surface area (Å²) < 4.78 is 0. The van der Waals surface area contributed by atoms with Gasteiger partial charge < -0.3 is 4.90 Å². The third kappa shape index (κ3) is 3.19. The van der Waals surface area contributed by atoms with Gasteiger partial charge in [-0.1, -0.05) is 30.3 Å². The van der Waals surface area contributed by atoms with Crippen molar-refractivity contribution in [3.63, 3.8) is 0 Å². The molecule has 1 saturated heterocycles. The fraction of sp³-hybridized carbons (Fsp3) is 0.529. The Morgan fingerprint density at radius 2 is 1.90 bits per heavy atom. The van der Waals surface area contributed by atoms with E-state index in [0.717, 1.165) is 18.4 Å². The zero-order chi connectivity index (χ0) is 14.5. The molecule has 0 aromatic heterocycles. The first-order chi connectivity index (χ1) is 9.63. The number of piperidine rings is 1. The fourth-order valence-corrected chi connectivity index (χ4v) is 3.07. The molecule has 0 saturated carbocycles. The van der Waals surface area contributed by atoms with Crippen molar-refractivity contribution >= 4 is 5.91 Å². The third-order valence-corrected chi connectivity index (χ3v) is 4.18. The molecule has 2 rings (SSSR count). The molecule has 1 amide bonds. The molecule has 20 heavy (non-hydrogen) atoms. The average molecular weight is 270 g/mol. The number of carbonyl (C=O) groups is 1. The zero-order valence-electron chi connectivity index (χ0n) is 12.2. The van der Waals surface area contributed by atoms with Crippen LogP contribution in [0.3, 0.4) is 0 Å². The summed E-state index contributed by atoms with van der Waals surface area (Å²) in [7, 11) is 0. The van der Waals surface area contributed by atoms with Crippen LogP contribution in [-0.4, -0.2) is 22.9 Å². The molecule has 1 fully saturated rings. The number of benzene rings is 1. The van der Waals surface area contributed by atoms with E-state index in [0.29, 0.717) is 6.42 Å². The molecule has 3 nitrogen and oxygen atoms in total. The van der Waals surface area contributed by atoms with Crippen LogP contribution in [0.1, 0.15) is 38.7 Å². The molecule has 1 aliphatic rings. The van der Waals surface area contributed by atoms with Crippen molar-refractivity contribution in [1.29, 1.82) is 5.26 Å². The number of carbonyl (C=O) groups excluding carboxylic acids is 1. The normalized spacial score (nSPS) is 23.9. The summed E-state index contributed by atoms with van der Waals surface area (Å²) in [6.45, 7) is 4.18. The van der Waals surface area contributed by atoms with E-state index in [4.69, 9.17) is 0 Å². The topological polar surface area (TPSA) is 44.1 Å². The van der Waals surface area contributed by atoms with Crippen molar-refractivity contribution in [3.8, 4) is 6.07 Å². The Kier molecular flexibility index (Phi) is 4.79. The maximum atomic E-state index is 12.7. The molecule has 0 aliphatic carbocycles. The van der Waals surface area contributed by atoms with Crippen molar-refractivity contribution in [3.05, 3.63) is 35.9 Å². The Bertz CT molecular complexity index is 481. The lowest BCUT2D eigenvalue weighted by atomic mass is 9.93. The monoisotopic (exact) mass is 270 g/mol. The molecular formula is C17H22N2O. The largest absolute Gasteiger partial charge is 0.336 e. The molecule has 0 spiro atoms. The summed E-state index contributed by atoms with van der Waals surface area (Å²) in [5.74, 6) is -0.573. The first kappa shape index (κ1) is 14.6. The Morgan fingerprint density at radius 1 is 1.30 bits per heavy atom. The number of hydrogen-bond acceptors (Lipinski definition) is 2. The first-order valence-corrected chi connectivity index (χ1v) is 7.39. The number of amides is 1. The second kappa shape index (κ2) is 6.56. The summed E-state index contributed by atoms with van der Waals surface area (Å²) >= 11 is 0. The number of nitriles is 1. The smallest absolute Gasteiger partial charge is 0.240 e. The highest BCUT2D eigenvalue weighted by Crippen LogP contribution is 2.25.